The summed E-state index contributed by atoms with van der Waals surface area (Å²) in [6.07, 6.45) is 3.56. The van der Waals surface area contributed by atoms with Gasteiger partial charge in [0.25, 0.3) is 10.2 Å². The Bertz CT molecular complexity index is 1250. The van der Waals surface area contributed by atoms with Crippen molar-refractivity contribution in [3.05, 3.63) is 89.7 Å². The summed E-state index contributed by atoms with van der Waals surface area (Å²) in [7, 11) is -7.86. The maximum absolute atomic E-state index is 12.9. The number of nitrogens with two attached hydrogens (primary N) is 1. The van der Waals surface area contributed by atoms with E-state index in [2.05, 4.69) is 0 Å². The first-order chi connectivity index (χ1) is 13.6. The van der Waals surface area contributed by atoms with E-state index in [0.29, 0.717) is 0 Å². The molecule has 0 aliphatic rings. The highest BCUT2D eigenvalue weighted by Crippen LogP contribution is 2.24. The first-order valence-corrected chi connectivity index (χ1v) is 11.4. The lowest BCUT2D eigenvalue weighted by Crippen LogP contribution is -2.21. The van der Waals surface area contributed by atoms with Crippen LogP contribution in [0.2, 0.25) is 0 Å². The van der Waals surface area contributed by atoms with Crippen LogP contribution in [0.25, 0.3) is 12.2 Å². The summed E-state index contributed by atoms with van der Waals surface area (Å²) in [5.74, 6) is -0.319. The molecule has 0 unspecified atom stereocenters. The predicted octanol–water partition coefficient (Wildman–Crippen LogP) is 3.44. The van der Waals surface area contributed by atoms with Crippen molar-refractivity contribution in [2.45, 2.75) is 9.79 Å². The molecule has 0 amide bonds. The number of rotatable bonds is 6. The molecule has 3 N–H and O–H groups in total. The molecule has 0 saturated heterocycles. The van der Waals surface area contributed by atoms with E-state index in [-0.39, 0.29) is 21.3 Å². The highest BCUT2D eigenvalue weighted by Gasteiger charge is 2.18. The fraction of sp³-hybridized carbons (Fsp3) is 0. The third-order valence-electron chi connectivity index (χ3n) is 3.93. The lowest BCUT2D eigenvalue weighted by atomic mass is 10.1. The summed E-state index contributed by atoms with van der Waals surface area (Å²) in [5.41, 5.74) is 1.62. The second kappa shape index (κ2) is 8.16. The van der Waals surface area contributed by atoms with Crippen molar-refractivity contribution in [2.75, 3.05) is 4.72 Å². The summed E-state index contributed by atoms with van der Waals surface area (Å²) in [6, 6.07) is 17.5. The molecular weight excluding hydrogens is 415 g/mol. The molecule has 0 aliphatic heterocycles. The van der Waals surface area contributed by atoms with Crippen molar-refractivity contribution in [3.8, 4) is 0 Å². The molecule has 9 heteroatoms. The van der Waals surface area contributed by atoms with Gasteiger partial charge in [-0.25, -0.2) is 17.9 Å². The van der Waals surface area contributed by atoms with E-state index in [1.165, 1.54) is 48.5 Å². The normalized spacial score (nSPS) is 12.2. The van der Waals surface area contributed by atoms with Crippen molar-refractivity contribution in [1.29, 1.82) is 0 Å². The van der Waals surface area contributed by atoms with Crippen LogP contribution in [0.1, 0.15) is 11.1 Å². The van der Waals surface area contributed by atoms with E-state index >= 15 is 0 Å². The maximum Gasteiger partial charge on any atom is 0.296 e. The SMILES string of the molecule is NS(=O)(=O)Nc1cccc(S(=O)(=O)c2ccc(/C=C/c3ccc(F)cc3)cc2)c1. The van der Waals surface area contributed by atoms with E-state index in [0.717, 1.165) is 11.1 Å². The van der Waals surface area contributed by atoms with E-state index in [1.807, 2.05) is 4.72 Å². The van der Waals surface area contributed by atoms with Gasteiger partial charge in [-0.3, -0.25) is 4.72 Å². The standard InChI is InChI=1S/C20H17FN2O4S2/c21-17-10-6-15(7-11-17)4-5-16-8-12-19(13-9-16)28(24,25)20-3-1-2-18(14-20)23-29(22,26)27/h1-14,23H,(H2,22,26,27)/b5-4+. The second-order valence-electron chi connectivity index (χ2n) is 6.13. The molecule has 0 heterocycles. The molecule has 3 aromatic carbocycles. The maximum atomic E-state index is 12.9. The Morgan fingerprint density at radius 1 is 0.759 bits per heavy atom. The van der Waals surface area contributed by atoms with Gasteiger partial charge in [-0.1, -0.05) is 42.5 Å². The number of sulfone groups is 1. The van der Waals surface area contributed by atoms with Gasteiger partial charge in [-0.05, 0) is 53.6 Å². The Morgan fingerprint density at radius 2 is 1.31 bits per heavy atom. The minimum atomic E-state index is -4.01. The number of anilines is 1. The summed E-state index contributed by atoms with van der Waals surface area (Å²) in [4.78, 5) is -0.00931. The van der Waals surface area contributed by atoms with Gasteiger partial charge in [-0.15, -0.1) is 0 Å². The molecule has 0 bridgehead atoms. The minimum absolute atomic E-state index is 0.0485. The van der Waals surface area contributed by atoms with Crippen molar-refractivity contribution in [3.63, 3.8) is 0 Å². The Labute approximate surface area is 168 Å². The van der Waals surface area contributed by atoms with E-state index in [9.17, 15) is 21.2 Å². The molecule has 0 aliphatic carbocycles. The van der Waals surface area contributed by atoms with Crippen molar-refractivity contribution in [2.24, 2.45) is 5.14 Å². The number of nitrogens with one attached hydrogen (secondary N) is 1. The molecule has 150 valence electrons. The van der Waals surface area contributed by atoms with Gasteiger partial charge >= 0.3 is 0 Å². The van der Waals surface area contributed by atoms with Gasteiger partial charge in [0.15, 0.2) is 0 Å². The Balaban J connectivity index is 1.83. The monoisotopic (exact) mass is 432 g/mol. The van der Waals surface area contributed by atoms with Crippen LogP contribution in [-0.2, 0) is 20.0 Å². The fourth-order valence-electron chi connectivity index (χ4n) is 2.55. The van der Waals surface area contributed by atoms with Crippen LogP contribution in [0.15, 0.2) is 82.6 Å². The summed E-state index contributed by atoms with van der Waals surface area (Å²) < 4.78 is 62.9. The fourth-order valence-corrected chi connectivity index (χ4v) is 4.31. The van der Waals surface area contributed by atoms with Crippen LogP contribution in [0, 0.1) is 5.82 Å². The van der Waals surface area contributed by atoms with Crippen LogP contribution in [0.3, 0.4) is 0 Å². The van der Waals surface area contributed by atoms with E-state index in [1.54, 1.807) is 36.4 Å². The quantitative estimate of drug-likeness (QED) is 0.582. The largest absolute Gasteiger partial charge is 0.296 e. The minimum Gasteiger partial charge on any atom is -0.271 e. The molecule has 0 fully saturated rings. The Kier molecular flexibility index (Phi) is 5.83. The highest BCUT2D eigenvalue weighted by molar-refractivity contribution is 7.91. The van der Waals surface area contributed by atoms with E-state index < -0.39 is 20.0 Å². The van der Waals surface area contributed by atoms with Crippen molar-refractivity contribution < 1.29 is 21.2 Å². The summed E-state index contributed by atoms with van der Waals surface area (Å²) >= 11 is 0. The van der Waals surface area contributed by atoms with Gasteiger partial charge in [0, 0.05) is 0 Å². The lowest BCUT2D eigenvalue weighted by Gasteiger charge is -2.08. The molecule has 3 rings (SSSR count). The molecule has 0 aromatic heterocycles. The van der Waals surface area contributed by atoms with Gasteiger partial charge < -0.3 is 0 Å². The average molecular weight is 432 g/mol. The Morgan fingerprint density at radius 3 is 1.86 bits per heavy atom. The average Bonchev–Trinajstić information content (AvgIpc) is 2.67. The number of hydrogen-bond donors (Lipinski definition) is 2. The first-order valence-electron chi connectivity index (χ1n) is 8.33. The molecule has 0 saturated carbocycles. The molecule has 0 radical (unpaired) electrons. The van der Waals surface area contributed by atoms with Gasteiger partial charge in [-0.2, -0.15) is 8.42 Å². The molecule has 0 atom stereocenters. The highest BCUT2D eigenvalue weighted by atomic mass is 32.2. The van der Waals surface area contributed by atoms with Crippen LogP contribution >= 0.6 is 0 Å². The zero-order chi connectivity index (χ0) is 21.1. The third-order valence-corrected chi connectivity index (χ3v) is 6.22. The summed E-state index contributed by atoms with van der Waals surface area (Å²) in [5, 5.41) is 4.92. The topological polar surface area (TPSA) is 106 Å². The van der Waals surface area contributed by atoms with Crippen LogP contribution in [0.4, 0.5) is 10.1 Å². The second-order valence-corrected chi connectivity index (χ2v) is 9.38. The van der Waals surface area contributed by atoms with Gasteiger partial charge in [0.2, 0.25) is 9.84 Å². The molecular formula is C20H17FN2O4S2. The molecule has 29 heavy (non-hydrogen) atoms. The zero-order valence-electron chi connectivity index (χ0n) is 15.0. The molecule has 6 nitrogen and oxygen atoms in total. The first kappa shape index (κ1) is 20.7. The zero-order valence-corrected chi connectivity index (χ0v) is 16.6. The lowest BCUT2D eigenvalue weighted by molar-refractivity contribution is 0.595. The van der Waals surface area contributed by atoms with Crippen molar-refractivity contribution >= 4 is 37.9 Å². The van der Waals surface area contributed by atoms with Gasteiger partial charge in [0.1, 0.15) is 5.82 Å². The molecule has 3 aromatic rings. The van der Waals surface area contributed by atoms with E-state index in [4.69, 9.17) is 5.14 Å². The van der Waals surface area contributed by atoms with Crippen molar-refractivity contribution in [1.82, 2.24) is 0 Å². The predicted molar refractivity (Wildman–Crippen MR) is 110 cm³/mol. The third kappa shape index (κ3) is 5.50. The van der Waals surface area contributed by atoms with Crippen LogP contribution < -0.4 is 9.86 Å². The number of hydrogen-bond acceptors (Lipinski definition) is 4. The smallest absolute Gasteiger partial charge is 0.271 e. The Hall–Kier alpha value is -3.01. The molecule has 0 spiro atoms. The van der Waals surface area contributed by atoms with Crippen LogP contribution in [0.5, 0.6) is 0 Å². The van der Waals surface area contributed by atoms with Gasteiger partial charge in [0.05, 0.1) is 15.5 Å². The van der Waals surface area contributed by atoms with Crippen LogP contribution in [-0.4, -0.2) is 16.8 Å². The number of halogens is 1. The number of benzene rings is 3. The summed E-state index contributed by atoms with van der Waals surface area (Å²) in [6.45, 7) is 0.